The highest BCUT2D eigenvalue weighted by molar-refractivity contribution is 5.94. The van der Waals surface area contributed by atoms with Crippen LogP contribution < -0.4 is 0 Å². The molecule has 98 valence electrons. The molecule has 20 heavy (non-hydrogen) atoms. The fraction of sp³-hybridized carbons (Fsp3) is 0.0625. The second-order valence-electron chi connectivity index (χ2n) is 4.55. The van der Waals surface area contributed by atoms with E-state index in [1.807, 2.05) is 36.5 Å². The molecule has 0 aliphatic carbocycles. The van der Waals surface area contributed by atoms with E-state index in [0.29, 0.717) is 5.56 Å². The van der Waals surface area contributed by atoms with E-state index in [0.717, 1.165) is 22.4 Å². The molecule has 2 aromatic heterocycles. The summed E-state index contributed by atoms with van der Waals surface area (Å²) < 4.78 is 0. The van der Waals surface area contributed by atoms with Crippen molar-refractivity contribution in [3.63, 3.8) is 0 Å². The number of rotatable bonds is 3. The molecule has 1 N–H and O–H groups in total. The van der Waals surface area contributed by atoms with Crippen LogP contribution >= 0.6 is 0 Å². The quantitative estimate of drug-likeness (QED) is 0.737. The Hall–Kier alpha value is -2.75. The van der Waals surface area contributed by atoms with Gasteiger partial charge in [-0.25, -0.2) is 0 Å². The highest BCUT2D eigenvalue weighted by Crippen LogP contribution is 2.23. The molecule has 3 rings (SSSR count). The van der Waals surface area contributed by atoms with Crippen LogP contribution in [0.15, 0.2) is 55.0 Å². The van der Waals surface area contributed by atoms with Crippen molar-refractivity contribution in [2.45, 2.75) is 6.92 Å². The summed E-state index contributed by atoms with van der Waals surface area (Å²) in [6.07, 6.45) is 5.29. The molecule has 0 radical (unpaired) electrons. The van der Waals surface area contributed by atoms with Crippen molar-refractivity contribution in [1.29, 1.82) is 0 Å². The third-order valence-corrected chi connectivity index (χ3v) is 3.18. The maximum atomic E-state index is 11.4. The molecule has 0 aliphatic heterocycles. The summed E-state index contributed by atoms with van der Waals surface area (Å²) in [5, 5.41) is 6.73. The molecule has 0 atom stereocenters. The van der Waals surface area contributed by atoms with E-state index in [2.05, 4.69) is 15.2 Å². The molecule has 0 bridgehead atoms. The normalized spacial score (nSPS) is 10.4. The number of H-pyrrole nitrogens is 1. The number of Topliss-reactive ketones (excluding diaryl/α,β-unsaturated/α-hetero) is 1. The second-order valence-corrected chi connectivity index (χ2v) is 4.55. The van der Waals surface area contributed by atoms with Gasteiger partial charge in [-0.3, -0.25) is 14.9 Å². The van der Waals surface area contributed by atoms with E-state index in [-0.39, 0.29) is 5.78 Å². The summed E-state index contributed by atoms with van der Waals surface area (Å²) in [4.78, 5) is 15.7. The van der Waals surface area contributed by atoms with E-state index >= 15 is 0 Å². The van der Waals surface area contributed by atoms with E-state index in [9.17, 15) is 4.79 Å². The number of benzene rings is 1. The van der Waals surface area contributed by atoms with Crippen molar-refractivity contribution in [3.8, 4) is 22.4 Å². The van der Waals surface area contributed by atoms with Gasteiger partial charge >= 0.3 is 0 Å². The van der Waals surface area contributed by atoms with Crippen LogP contribution in [0.25, 0.3) is 22.4 Å². The summed E-state index contributed by atoms with van der Waals surface area (Å²) in [6.45, 7) is 1.56. The fourth-order valence-electron chi connectivity index (χ4n) is 2.05. The summed E-state index contributed by atoms with van der Waals surface area (Å²) in [7, 11) is 0. The Labute approximate surface area is 116 Å². The molecule has 0 saturated carbocycles. The lowest BCUT2D eigenvalue weighted by atomic mass is 10.0. The van der Waals surface area contributed by atoms with Crippen LogP contribution in [-0.4, -0.2) is 21.0 Å². The Kier molecular flexibility index (Phi) is 3.13. The van der Waals surface area contributed by atoms with E-state index in [4.69, 9.17) is 0 Å². The number of nitrogens with zero attached hydrogens (tertiary/aromatic N) is 2. The number of carbonyl (C=O) groups excluding carboxylic acids is 1. The predicted octanol–water partition coefficient (Wildman–Crippen LogP) is 3.34. The summed E-state index contributed by atoms with van der Waals surface area (Å²) in [5.74, 6) is 0.0451. The minimum absolute atomic E-state index is 0.0451. The zero-order valence-electron chi connectivity index (χ0n) is 11.0. The first-order chi connectivity index (χ1) is 9.74. The molecule has 0 aliphatic rings. The smallest absolute Gasteiger partial charge is 0.159 e. The van der Waals surface area contributed by atoms with Gasteiger partial charge in [-0.1, -0.05) is 24.3 Å². The van der Waals surface area contributed by atoms with Crippen molar-refractivity contribution in [3.05, 3.63) is 60.6 Å². The van der Waals surface area contributed by atoms with Crippen molar-refractivity contribution in [2.24, 2.45) is 0 Å². The lowest BCUT2D eigenvalue weighted by Gasteiger charge is -2.04. The molecule has 4 heteroatoms. The van der Waals surface area contributed by atoms with Gasteiger partial charge in [0.1, 0.15) is 0 Å². The van der Waals surface area contributed by atoms with Gasteiger partial charge in [0, 0.05) is 29.1 Å². The van der Waals surface area contributed by atoms with Crippen molar-refractivity contribution < 1.29 is 4.79 Å². The van der Waals surface area contributed by atoms with Gasteiger partial charge in [0.2, 0.25) is 0 Å². The standard InChI is InChI=1S/C16H13N3O/c1-11(20)14-6-7-17-16(8-14)13-4-2-12(3-5-13)15-9-18-19-10-15/h2-10H,1H3,(H,18,19). The molecule has 0 fully saturated rings. The zero-order valence-corrected chi connectivity index (χ0v) is 11.0. The first kappa shape index (κ1) is 12.3. The number of carbonyl (C=O) groups is 1. The summed E-state index contributed by atoms with van der Waals surface area (Å²) in [5.41, 5.74) is 4.60. The van der Waals surface area contributed by atoms with Gasteiger partial charge in [0.25, 0.3) is 0 Å². The van der Waals surface area contributed by atoms with Crippen LogP contribution in [0.2, 0.25) is 0 Å². The zero-order chi connectivity index (χ0) is 13.9. The minimum atomic E-state index is 0.0451. The van der Waals surface area contributed by atoms with Gasteiger partial charge in [0.15, 0.2) is 5.78 Å². The molecule has 0 spiro atoms. The van der Waals surface area contributed by atoms with Crippen LogP contribution in [0.1, 0.15) is 17.3 Å². The largest absolute Gasteiger partial charge is 0.295 e. The number of aromatic amines is 1. The maximum Gasteiger partial charge on any atom is 0.159 e. The molecule has 0 unspecified atom stereocenters. The molecular weight excluding hydrogens is 250 g/mol. The number of ketones is 1. The first-order valence-corrected chi connectivity index (χ1v) is 6.30. The summed E-state index contributed by atoms with van der Waals surface area (Å²) >= 11 is 0. The lowest BCUT2D eigenvalue weighted by molar-refractivity contribution is 0.101. The van der Waals surface area contributed by atoms with Crippen LogP contribution in [0.5, 0.6) is 0 Å². The molecule has 3 aromatic rings. The fourth-order valence-corrected chi connectivity index (χ4v) is 2.05. The predicted molar refractivity (Wildman–Crippen MR) is 77.3 cm³/mol. The van der Waals surface area contributed by atoms with Crippen LogP contribution in [0.4, 0.5) is 0 Å². The molecular formula is C16H13N3O. The van der Waals surface area contributed by atoms with Crippen molar-refractivity contribution in [2.75, 3.05) is 0 Å². The number of hydrogen-bond acceptors (Lipinski definition) is 3. The SMILES string of the molecule is CC(=O)c1ccnc(-c2ccc(-c3cn[nH]c3)cc2)c1. The average molecular weight is 263 g/mol. The third-order valence-electron chi connectivity index (χ3n) is 3.18. The molecule has 2 heterocycles. The molecule has 1 aromatic carbocycles. The van der Waals surface area contributed by atoms with Crippen LogP contribution in [0.3, 0.4) is 0 Å². The Bertz CT molecular complexity index is 731. The summed E-state index contributed by atoms with van der Waals surface area (Å²) in [6, 6.07) is 11.6. The Morgan fingerprint density at radius 2 is 1.80 bits per heavy atom. The number of hydrogen-bond donors (Lipinski definition) is 1. The lowest BCUT2D eigenvalue weighted by Crippen LogP contribution is -1.93. The van der Waals surface area contributed by atoms with Gasteiger partial charge in [-0.2, -0.15) is 5.10 Å². The first-order valence-electron chi connectivity index (χ1n) is 6.30. The van der Waals surface area contributed by atoms with E-state index in [1.165, 1.54) is 0 Å². The van der Waals surface area contributed by atoms with E-state index in [1.54, 1.807) is 25.4 Å². The Morgan fingerprint density at radius 3 is 2.45 bits per heavy atom. The van der Waals surface area contributed by atoms with Gasteiger partial charge in [-0.15, -0.1) is 0 Å². The highest BCUT2D eigenvalue weighted by atomic mass is 16.1. The number of nitrogens with one attached hydrogen (secondary N) is 1. The Morgan fingerprint density at radius 1 is 1.05 bits per heavy atom. The second kappa shape index (κ2) is 5.09. The topological polar surface area (TPSA) is 58.6 Å². The van der Waals surface area contributed by atoms with E-state index < -0.39 is 0 Å². The Balaban J connectivity index is 1.95. The maximum absolute atomic E-state index is 11.4. The number of aromatic nitrogens is 3. The van der Waals surface area contributed by atoms with Gasteiger partial charge in [0.05, 0.1) is 11.9 Å². The third kappa shape index (κ3) is 2.36. The minimum Gasteiger partial charge on any atom is -0.295 e. The monoisotopic (exact) mass is 263 g/mol. The van der Waals surface area contributed by atoms with Gasteiger partial charge < -0.3 is 0 Å². The molecule has 0 saturated heterocycles. The van der Waals surface area contributed by atoms with Crippen molar-refractivity contribution in [1.82, 2.24) is 15.2 Å². The average Bonchev–Trinajstić information content (AvgIpc) is 3.02. The van der Waals surface area contributed by atoms with Gasteiger partial charge in [-0.05, 0) is 24.6 Å². The highest BCUT2D eigenvalue weighted by Gasteiger charge is 2.05. The van der Waals surface area contributed by atoms with Crippen LogP contribution in [0, 0.1) is 0 Å². The molecule has 4 nitrogen and oxygen atoms in total. The van der Waals surface area contributed by atoms with Crippen LogP contribution in [-0.2, 0) is 0 Å². The number of pyridine rings is 1. The molecule has 0 amide bonds. The van der Waals surface area contributed by atoms with Crippen molar-refractivity contribution >= 4 is 5.78 Å².